The number of hydrogen-bond acceptors (Lipinski definition) is 4. The Labute approximate surface area is 106 Å². The Morgan fingerprint density at radius 3 is 2.72 bits per heavy atom. The third-order valence-corrected chi connectivity index (χ3v) is 3.12. The summed E-state index contributed by atoms with van der Waals surface area (Å²) in [5.74, 6) is -0.744. The van der Waals surface area contributed by atoms with Crippen molar-refractivity contribution in [2.75, 3.05) is 19.7 Å². The standard InChI is InChI=1S/C13H17NO4/c1-2-9-8-14(6-7-18-9)13(17)12-10(15)4-3-5-11(12)16/h3-5,9,15-16H,2,6-8H2,1H3. The molecule has 98 valence electrons. The summed E-state index contributed by atoms with van der Waals surface area (Å²) in [6.45, 7) is 3.45. The summed E-state index contributed by atoms with van der Waals surface area (Å²) in [5, 5.41) is 19.4. The third kappa shape index (κ3) is 2.41. The predicted octanol–water partition coefficient (Wildman–Crippen LogP) is 1.35. The molecule has 1 aliphatic heterocycles. The van der Waals surface area contributed by atoms with E-state index in [4.69, 9.17) is 4.74 Å². The average molecular weight is 251 g/mol. The van der Waals surface area contributed by atoms with Crippen LogP contribution >= 0.6 is 0 Å². The van der Waals surface area contributed by atoms with Crippen LogP contribution in [0.4, 0.5) is 0 Å². The number of carbonyl (C=O) groups excluding carboxylic acids is 1. The first kappa shape index (κ1) is 12.7. The van der Waals surface area contributed by atoms with Crippen LogP contribution in [0.5, 0.6) is 11.5 Å². The summed E-state index contributed by atoms with van der Waals surface area (Å²) in [6.07, 6.45) is 0.854. The Balaban J connectivity index is 2.20. The number of phenolic OH excluding ortho intramolecular Hbond substituents is 2. The van der Waals surface area contributed by atoms with Crippen molar-refractivity contribution in [2.24, 2.45) is 0 Å². The Morgan fingerprint density at radius 2 is 2.11 bits per heavy atom. The summed E-state index contributed by atoms with van der Waals surface area (Å²) in [4.78, 5) is 13.9. The Hall–Kier alpha value is -1.75. The molecule has 1 fully saturated rings. The van der Waals surface area contributed by atoms with Gasteiger partial charge in [0, 0.05) is 13.1 Å². The van der Waals surface area contributed by atoms with Gasteiger partial charge in [-0.15, -0.1) is 0 Å². The highest BCUT2D eigenvalue weighted by Crippen LogP contribution is 2.28. The molecular weight excluding hydrogens is 234 g/mol. The second-order valence-corrected chi connectivity index (χ2v) is 4.32. The van der Waals surface area contributed by atoms with Crippen LogP contribution in [0.15, 0.2) is 18.2 Å². The van der Waals surface area contributed by atoms with Crippen LogP contribution in [0.2, 0.25) is 0 Å². The first-order valence-corrected chi connectivity index (χ1v) is 6.05. The van der Waals surface area contributed by atoms with Crippen LogP contribution in [-0.4, -0.2) is 46.8 Å². The van der Waals surface area contributed by atoms with Crippen molar-refractivity contribution in [3.05, 3.63) is 23.8 Å². The van der Waals surface area contributed by atoms with E-state index in [0.29, 0.717) is 19.7 Å². The fourth-order valence-electron chi connectivity index (χ4n) is 2.06. The van der Waals surface area contributed by atoms with E-state index in [0.717, 1.165) is 6.42 Å². The van der Waals surface area contributed by atoms with E-state index >= 15 is 0 Å². The molecule has 1 aromatic rings. The van der Waals surface area contributed by atoms with Crippen molar-refractivity contribution >= 4 is 5.91 Å². The van der Waals surface area contributed by atoms with Crippen molar-refractivity contribution in [3.8, 4) is 11.5 Å². The van der Waals surface area contributed by atoms with E-state index < -0.39 is 0 Å². The van der Waals surface area contributed by atoms with Gasteiger partial charge in [0.05, 0.1) is 12.7 Å². The van der Waals surface area contributed by atoms with E-state index in [1.54, 1.807) is 4.90 Å². The van der Waals surface area contributed by atoms with Gasteiger partial charge < -0.3 is 19.8 Å². The molecule has 1 unspecified atom stereocenters. The van der Waals surface area contributed by atoms with Gasteiger partial charge in [-0.1, -0.05) is 13.0 Å². The average Bonchev–Trinajstić information content (AvgIpc) is 2.38. The molecule has 0 aliphatic carbocycles. The Kier molecular flexibility index (Phi) is 3.72. The van der Waals surface area contributed by atoms with E-state index in [-0.39, 0.29) is 29.1 Å². The number of carbonyl (C=O) groups is 1. The SMILES string of the molecule is CCC1CN(C(=O)c2c(O)cccc2O)CCO1. The minimum Gasteiger partial charge on any atom is -0.507 e. The molecule has 1 amide bonds. The zero-order chi connectivity index (χ0) is 13.1. The number of morpholine rings is 1. The minimum absolute atomic E-state index is 0.0238. The molecule has 1 heterocycles. The molecule has 1 saturated heterocycles. The van der Waals surface area contributed by atoms with Gasteiger partial charge in [0.15, 0.2) is 0 Å². The molecular formula is C13H17NO4. The van der Waals surface area contributed by atoms with E-state index in [9.17, 15) is 15.0 Å². The molecule has 5 nitrogen and oxygen atoms in total. The van der Waals surface area contributed by atoms with Gasteiger partial charge in [0.1, 0.15) is 17.1 Å². The summed E-state index contributed by atoms with van der Waals surface area (Å²) < 4.78 is 5.48. The van der Waals surface area contributed by atoms with Gasteiger partial charge >= 0.3 is 0 Å². The maximum Gasteiger partial charge on any atom is 0.261 e. The van der Waals surface area contributed by atoms with Gasteiger partial charge in [-0.3, -0.25) is 4.79 Å². The van der Waals surface area contributed by atoms with Gasteiger partial charge in [-0.2, -0.15) is 0 Å². The number of phenols is 2. The minimum atomic E-state index is -0.354. The quantitative estimate of drug-likeness (QED) is 0.832. The van der Waals surface area contributed by atoms with Crippen molar-refractivity contribution in [1.29, 1.82) is 0 Å². The number of nitrogens with zero attached hydrogens (tertiary/aromatic N) is 1. The lowest BCUT2D eigenvalue weighted by atomic mass is 10.1. The van der Waals surface area contributed by atoms with Crippen LogP contribution < -0.4 is 0 Å². The van der Waals surface area contributed by atoms with Gasteiger partial charge in [0.2, 0.25) is 0 Å². The molecule has 0 spiro atoms. The van der Waals surface area contributed by atoms with Crippen LogP contribution in [-0.2, 0) is 4.74 Å². The molecule has 1 aliphatic rings. The lowest BCUT2D eigenvalue weighted by Crippen LogP contribution is -2.45. The maximum atomic E-state index is 12.3. The highest BCUT2D eigenvalue weighted by molar-refractivity contribution is 5.99. The number of aromatic hydroxyl groups is 2. The van der Waals surface area contributed by atoms with Crippen molar-refractivity contribution in [1.82, 2.24) is 4.90 Å². The fraction of sp³-hybridized carbons (Fsp3) is 0.462. The number of benzene rings is 1. The molecule has 18 heavy (non-hydrogen) atoms. The zero-order valence-corrected chi connectivity index (χ0v) is 10.3. The number of ether oxygens (including phenoxy) is 1. The molecule has 0 radical (unpaired) electrons. The maximum absolute atomic E-state index is 12.3. The van der Waals surface area contributed by atoms with Crippen LogP contribution in [0.1, 0.15) is 23.7 Å². The first-order valence-electron chi connectivity index (χ1n) is 6.05. The molecule has 5 heteroatoms. The molecule has 0 saturated carbocycles. The topological polar surface area (TPSA) is 70.0 Å². The van der Waals surface area contributed by atoms with Crippen molar-refractivity contribution in [2.45, 2.75) is 19.4 Å². The van der Waals surface area contributed by atoms with Gasteiger partial charge in [-0.25, -0.2) is 0 Å². The monoisotopic (exact) mass is 251 g/mol. The first-order chi connectivity index (χ1) is 8.63. The largest absolute Gasteiger partial charge is 0.507 e. The Bertz CT molecular complexity index is 426. The molecule has 0 bridgehead atoms. The Morgan fingerprint density at radius 1 is 1.44 bits per heavy atom. The number of amides is 1. The van der Waals surface area contributed by atoms with Crippen molar-refractivity contribution in [3.63, 3.8) is 0 Å². The molecule has 2 rings (SSSR count). The predicted molar refractivity (Wildman–Crippen MR) is 65.7 cm³/mol. The lowest BCUT2D eigenvalue weighted by molar-refractivity contribution is -0.0228. The molecule has 0 aromatic heterocycles. The van der Waals surface area contributed by atoms with Crippen LogP contribution in [0, 0.1) is 0 Å². The molecule has 1 aromatic carbocycles. The lowest BCUT2D eigenvalue weighted by Gasteiger charge is -2.32. The normalized spacial score (nSPS) is 19.8. The number of rotatable bonds is 2. The van der Waals surface area contributed by atoms with Crippen molar-refractivity contribution < 1.29 is 19.7 Å². The van der Waals surface area contributed by atoms with E-state index in [1.807, 2.05) is 6.92 Å². The second kappa shape index (κ2) is 5.27. The fourth-order valence-corrected chi connectivity index (χ4v) is 2.06. The van der Waals surface area contributed by atoms with E-state index in [2.05, 4.69) is 0 Å². The zero-order valence-electron chi connectivity index (χ0n) is 10.3. The summed E-state index contributed by atoms with van der Waals surface area (Å²) in [5.41, 5.74) is -0.0331. The van der Waals surface area contributed by atoms with E-state index in [1.165, 1.54) is 18.2 Å². The number of hydrogen-bond donors (Lipinski definition) is 2. The molecule has 1 atom stereocenters. The summed E-state index contributed by atoms with van der Waals surface area (Å²) >= 11 is 0. The van der Waals surface area contributed by atoms with Crippen LogP contribution in [0.25, 0.3) is 0 Å². The van der Waals surface area contributed by atoms with Gasteiger partial charge in [-0.05, 0) is 18.6 Å². The second-order valence-electron chi connectivity index (χ2n) is 4.32. The summed E-state index contributed by atoms with van der Waals surface area (Å²) in [7, 11) is 0. The third-order valence-electron chi connectivity index (χ3n) is 3.12. The highest BCUT2D eigenvalue weighted by Gasteiger charge is 2.27. The van der Waals surface area contributed by atoms with Crippen LogP contribution in [0.3, 0.4) is 0 Å². The van der Waals surface area contributed by atoms with Gasteiger partial charge in [0.25, 0.3) is 5.91 Å². The smallest absolute Gasteiger partial charge is 0.261 e. The molecule has 2 N–H and O–H groups in total. The summed E-state index contributed by atoms with van der Waals surface area (Å²) in [6, 6.07) is 4.28. The highest BCUT2D eigenvalue weighted by atomic mass is 16.5.